The summed E-state index contributed by atoms with van der Waals surface area (Å²) in [6, 6.07) is 10.4. The summed E-state index contributed by atoms with van der Waals surface area (Å²) in [5.74, 6) is 1.23. The number of carbonyl (C=O) groups excluding carboxylic acids is 2. The molecular weight excluding hydrogens is 356 g/mol. The number of ketones is 1. The van der Waals surface area contributed by atoms with Crippen LogP contribution in [0.4, 0.5) is 5.69 Å². The molecule has 0 saturated heterocycles. The topological polar surface area (TPSA) is 67.9 Å². The van der Waals surface area contributed by atoms with Gasteiger partial charge in [0.25, 0.3) is 0 Å². The summed E-state index contributed by atoms with van der Waals surface area (Å²) in [6.45, 7) is 5.96. The second-order valence-electron chi connectivity index (χ2n) is 6.85. The summed E-state index contributed by atoms with van der Waals surface area (Å²) in [5, 5.41) is 2.89. The number of anilines is 1. The number of hydrogen-bond donors (Lipinski definition) is 1. The van der Waals surface area contributed by atoms with Crippen LogP contribution in [-0.4, -0.2) is 43.9 Å². The van der Waals surface area contributed by atoms with Crippen LogP contribution in [0.1, 0.15) is 35.3 Å². The van der Waals surface area contributed by atoms with Gasteiger partial charge in [0.2, 0.25) is 5.91 Å². The summed E-state index contributed by atoms with van der Waals surface area (Å²) >= 11 is 0. The molecule has 0 aliphatic carbocycles. The molecule has 0 spiro atoms. The third kappa shape index (κ3) is 5.10. The maximum absolute atomic E-state index is 12.6. The molecule has 2 rings (SSSR count). The van der Waals surface area contributed by atoms with Crippen LogP contribution in [0.2, 0.25) is 0 Å². The minimum absolute atomic E-state index is 0.00346. The second kappa shape index (κ2) is 9.37. The fourth-order valence-electron chi connectivity index (χ4n) is 2.83. The molecular formula is C22H28N2O4. The van der Waals surface area contributed by atoms with E-state index < -0.39 is 0 Å². The van der Waals surface area contributed by atoms with Crippen molar-refractivity contribution in [3.05, 3.63) is 53.1 Å². The van der Waals surface area contributed by atoms with Crippen LogP contribution >= 0.6 is 0 Å². The molecule has 0 aliphatic rings. The number of ether oxygens (including phenoxy) is 2. The maximum atomic E-state index is 12.6. The molecule has 1 N–H and O–H groups in total. The summed E-state index contributed by atoms with van der Waals surface area (Å²) in [4.78, 5) is 25.9. The van der Waals surface area contributed by atoms with Gasteiger partial charge in [-0.25, -0.2) is 0 Å². The predicted molar refractivity (Wildman–Crippen MR) is 110 cm³/mol. The summed E-state index contributed by atoms with van der Waals surface area (Å²) < 4.78 is 10.7. The molecule has 6 heteroatoms. The number of nitrogens with one attached hydrogen (secondary N) is 1. The van der Waals surface area contributed by atoms with E-state index in [9.17, 15) is 9.59 Å². The number of likely N-dealkylation sites (N-methyl/N-ethyl adjacent to an activating group) is 1. The number of methoxy groups -OCH3 is 2. The van der Waals surface area contributed by atoms with Gasteiger partial charge >= 0.3 is 0 Å². The molecule has 0 heterocycles. The van der Waals surface area contributed by atoms with E-state index in [2.05, 4.69) is 5.32 Å². The number of rotatable bonds is 8. The molecule has 150 valence electrons. The van der Waals surface area contributed by atoms with Gasteiger partial charge in [0, 0.05) is 17.8 Å². The summed E-state index contributed by atoms with van der Waals surface area (Å²) in [5.41, 5.74) is 3.41. The van der Waals surface area contributed by atoms with Gasteiger partial charge in [0.1, 0.15) is 0 Å². The minimum Gasteiger partial charge on any atom is -0.493 e. The highest BCUT2D eigenvalue weighted by Crippen LogP contribution is 2.31. The van der Waals surface area contributed by atoms with E-state index in [0.717, 1.165) is 11.1 Å². The van der Waals surface area contributed by atoms with E-state index in [-0.39, 0.29) is 17.7 Å². The van der Waals surface area contributed by atoms with Crippen molar-refractivity contribution in [2.75, 3.05) is 26.6 Å². The zero-order valence-corrected chi connectivity index (χ0v) is 17.3. The van der Waals surface area contributed by atoms with Crippen LogP contribution < -0.4 is 14.8 Å². The SMILES string of the molecule is COc1cc(C)c(CN(C)[C@H](C)C(=O)Nc2ccc(C(C)=O)cc2)cc1OC. The second-order valence-corrected chi connectivity index (χ2v) is 6.85. The van der Waals surface area contributed by atoms with Crippen molar-refractivity contribution in [3.8, 4) is 11.5 Å². The first-order valence-corrected chi connectivity index (χ1v) is 9.10. The van der Waals surface area contributed by atoms with Crippen molar-refractivity contribution < 1.29 is 19.1 Å². The third-order valence-electron chi connectivity index (χ3n) is 4.86. The quantitative estimate of drug-likeness (QED) is 0.704. The van der Waals surface area contributed by atoms with Crippen LogP contribution in [-0.2, 0) is 11.3 Å². The van der Waals surface area contributed by atoms with Gasteiger partial charge < -0.3 is 14.8 Å². The molecule has 0 aromatic heterocycles. The largest absolute Gasteiger partial charge is 0.493 e. The van der Waals surface area contributed by atoms with Gasteiger partial charge in [-0.1, -0.05) is 0 Å². The highest BCUT2D eigenvalue weighted by molar-refractivity contribution is 5.96. The molecule has 6 nitrogen and oxygen atoms in total. The maximum Gasteiger partial charge on any atom is 0.241 e. The molecule has 0 saturated carbocycles. The molecule has 28 heavy (non-hydrogen) atoms. The van der Waals surface area contributed by atoms with Crippen molar-refractivity contribution in [1.82, 2.24) is 4.90 Å². The fraction of sp³-hybridized carbons (Fsp3) is 0.364. The number of carbonyl (C=O) groups is 2. The van der Waals surface area contributed by atoms with Gasteiger partial charge in [-0.15, -0.1) is 0 Å². The highest BCUT2D eigenvalue weighted by atomic mass is 16.5. The van der Waals surface area contributed by atoms with Crippen LogP contribution in [0, 0.1) is 6.92 Å². The first kappa shape index (κ1) is 21.4. The molecule has 0 bridgehead atoms. The molecule has 2 aromatic carbocycles. The Kier molecular flexibility index (Phi) is 7.18. The van der Waals surface area contributed by atoms with Crippen molar-refractivity contribution >= 4 is 17.4 Å². The molecule has 0 unspecified atom stereocenters. The lowest BCUT2D eigenvalue weighted by Crippen LogP contribution is -2.39. The highest BCUT2D eigenvalue weighted by Gasteiger charge is 2.20. The number of aryl methyl sites for hydroxylation is 1. The predicted octanol–water partition coefficient (Wildman–Crippen LogP) is 3.67. The minimum atomic E-state index is -0.347. The summed E-state index contributed by atoms with van der Waals surface area (Å²) in [7, 11) is 5.12. The molecule has 0 aliphatic heterocycles. The standard InChI is InChI=1S/C22H28N2O4/c1-14-11-20(27-5)21(28-6)12-18(14)13-24(4)15(2)22(26)23-19-9-7-17(8-10-19)16(3)25/h7-12,15H,13H2,1-6H3,(H,23,26)/t15-/m1/s1. The molecule has 0 fully saturated rings. The Morgan fingerprint density at radius 3 is 2.18 bits per heavy atom. The number of benzene rings is 2. The fourth-order valence-corrected chi connectivity index (χ4v) is 2.83. The molecule has 1 atom stereocenters. The Balaban J connectivity index is 2.06. The van der Waals surface area contributed by atoms with Gasteiger partial charge in [-0.3, -0.25) is 14.5 Å². The zero-order valence-electron chi connectivity index (χ0n) is 17.3. The lowest BCUT2D eigenvalue weighted by molar-refractivity contribution is -0.120. The van der Waals surface area contributed by atoms with Crippen LogP contribution in [0.15, 0.2) is 36.4 Å². The normalized spacial score (nSPS) is 11.8. The van der Waals surface area contributed by atoms with Crippen LogP contribution in [0.5, 0.6) is 11.5 Å². The Morgan fingerprint density at radius 1 is 1.07 bits per heavy atom. The third-order valence-corrected chi connectivity index (χ3v) is 4.86. The monoisotopic (exact) mass is 384 g/mol. The summed E-state index contributed by atoms with van der Waals surface area (Å²) in [6.07, 6.45) is 0. The van der Waals surface area contributed by atoms with E-state index in [1.807, 2.05) is 37.9 Å². The van der Waals surface area contributed by atoms with Gasteiger partial charge in [-0.2, -0.15) is 0 Å². The van der Waals surface area contributed by atoms with Crippen LogP contribution in [0.25, 0.3) is 0 Å². The van der Waals surface area contributed by atoms with Crippen molar-refractivity contribution in [3.63, 3.8) is 0 Å². The number of nitrogens with zero attached hydrogens (tertiary/aromatic N) is 1. The Morgan fingerprint density at radius 2 is 1.64 bits per heavy atom. The van der Waals surface area contributed by atoms with E-state index in [1.54, 1.807) is 38.5 Å². The number of Topliss-reactive ketones (excluding diaryl/α,β-unsaturated/α-hetero) is 1. The number of amides is 1. The smallest absolute Gasteiger partial charge is 0.241 e. The van der Waals surface area contributed by atoms with Crippen molar-refractivity contribution in [1.29, 1.82) is 0 Å². The van der Waals surface area contributed by atoms with Gasteiger partial charge in [-0.05, 0) is 75.3 Å². The average Bonchev–Trinajstić information content (AvgIpc) is 2.68. The lowest BCUT2D eigenvalue weighted by Gasteiger charge is -2.25. The Bertz CT molecular complexity index is 846. The van der Waals surface area contributed by atoms with Crippen molar-refractivity contribution in [2.24, 2.45) is 0 Å². The molecule has 2 aromatic rings. The first-order chi connectivity index (χ1) is 13.3. The lowest BCUT2D eigenvalue weighted by atomic mass is 10.1. The number of hydrogen-bond acceptors (Lipinski definition) is 5. The van der Waals surface area contributed by atoms with E-state index in [1.165, 1.54) is 6.92 Å². The van der Waals surface area contributed by atoms with Crippen molar-refractivity contribution in [2.45, 2.75) is 33.4 Å². The van der Waals surface area contributed by atoms with Gasteiger partial charge in [0.15, 0.2) is 17.3 Å². The molecule has 1 amide bonds. The van der Waals surface area contributed by atoms with E-state index in [4.69, 9.17) is 9.47 Å². The Hall–Kier alpha value is -2.86. The van der Waals surface area contributed by atoms with Gasteiger partial charge in [0.05, 0.1) is 20.3 Å². The van der Waals surface area contributed by atoms with E-state index >= 15 is 0 Å². The van der Waals surface area contributed by atoms with Crippen LogP contribution in [0.3, 0.4) is 0 Å². The Labute approximate surface area is 166 Å². The zero-order chi connectivity index (χ0) is 20.8. The van der Waals surface area contributed by atoms with E-state index in [0.29, 0.717) is 29.3 Å². The molecule has 0 radical (unpaired) electrons. The average molecular weight is 384 g/mol. The first-order valence-electron chi connectivity index (χ1n) is 9.10.